The van der Waals surface area contributed by atoms with Gasteiger partial charge in [-0.2, -0.15) is 4.98 Å². The summed E-state index contributed by atoms with van der Waals surface area (Å²) in [6.07, 6.45) is -0.303. The van der Waals surface area contributed by atoms with Crippen LogP contribution in [-0.2, 0) is 9.59 Å². The van der Waals surface area contributed by atoms with Crippen LogP contribution in [0.1, 0.15) is 23.5 Å². The molecule has 1 atom stereocenters. The Morgan fingerprint density at radius 1 is 1.21 bits per heavy atom. The molecule has 0 saturated carbocycles. The summed E-state index contributed by atoms with van der Waals surface area (Å²) in [5.41, 5.74) is 0.298. The number of aromatic nitrogens is 2. The summed E-state index contributed by atoms with van der Waals surface area (Å²) in [5, 5.41) is 18.9. The number of carbonyl (C=O) groups is 2. The lowest BCUT2D eigenvalue weighted by Crippen LogP contribution is -2.36. The SMILES string of the molecule is Cc1ccc([N+](=O)[O-])cc1NC(=O)[C@@H]1CC(=O)Nc2nc(Nc3ccc(F)cc3)[nH]c(=O)c21. The van der Waals surface area contributed by atoms with Crippen LogP contribution in [0.3, 0.4) is 0 Å². The summed E-state index contributed by atoms with van der Waals surface area (Å²) in [5.74, 6) is -2.90. The van der Waals surface area contributed by atoms with E-state index in [0.717, 1.165) is 0 Å². The number of nitrogens with zero attached hydrogens (tertiary/aromatic N) is 2. The Kier molecular flexibility index (Phi) is 5.56. The molecule has 1 aliphatic heterocycles. The molecule has 2 aromatic carbocycles. The van der Waals surface area contributed by atoms with Crippen LogP contribution in [0.15, 0.2) is 47.3 Å². The first kappa shape index (κ1) is 21.6. The normalized spacial score (nSPS) is 14.7. The van der Waals surface area contributed by atoms with Crippen LogP contribution >= 0.6 is 0 Å². The summed E-state index contributed by atoms with van der Waals surface area (Å²) in [6, 6.07) is 9.30. The highest BCUT2D eigenvalue weighted by Crippen LogP contribution is 2.31. The molecule has 0 unspecified atom stereocenters. The van der Waals surface area contributed by atoms with Crippen LogP contribution in [-0.4, -0.2) is 26.7 Å². The maximum absolute atomic E-state index is 13.1. The molecule has 1 aromatic heterocycles. The molecule has 3 aromatic rings. The average molecular weight is 452 g/mol. The lowest BCUT2D eigenvalue weighted by molar-refractivity contribution is -0.384. The summed E-state index contributed by atoms with van der Waals surface area (Å²) >= 11 is 0. The van der Waals surface area contributed by atoms with E-state index < -0.39 is 34.0 Å². The van der Waals surface area contributed by atoms with Crippen molar-refractivity contribution in [2.45, 2.75) is 19.3 Å². The third-order valence-corrected chi connectivity index (χ3v) is 5.06. The zero-order valence-corrected chi connectivity index (χ0v) is 17.1. The summed E-state index contributed by atoms with van der Waals surface area (Å²) in [4.78, 5) is 55.1. The number of H-pyrrole nitrogens is 1. The van der Waals surface area contributed by atoms with Gasteiger partial charge in [-0.3, -0.25) is 29.5 Å². The van der Waals surface area contributed by atoms with Gasteiger partial charge in [0.25, 0.3) is 11.2 Å². The number of fused-ring (bicyclic) bond motifs is 1. The van der Waals surface area contributed by atoms with E-state index in [0.29, 0.717) is 11.3 Å². The summed E-state index contributed by atoms with van der Waals surface area (Å²) in [6.45, 7) is 1.66. The maximum atomic E-state index is 13.1. The number of nitro groups is 1. The first-order chi connectivity index (χ1) is 15.7. The van der Waals surface area contributed by atoms with Crippen molar-refractivity contribution in [2.75, 3.05) is 16.0 Å². The minimum absolute atomic E-state index is 0.0127. The van der Waals surface area contributed by atoms with Gasteiger partial charge in [0.1, 0.15) is 11.6 Å². The van der Waals surface area contributed by atoms with Gasteiger partial charge in [0, 0.05) is 24.2 Å². The number of benzene rings is 2. The molecule has 1 aliphatic rings. The third kappa shape index (κ3) is 4.54. The van der Waals surface area contributed by atoms with Crippen molar-refractivity contribution in [2.24, 2.45) is 0 Å². The largest absolute Gasteiger partial charge is 0.326 e. The molecule has 0 saturated heterocycles. The van der Waals surface area contributed by atoms with E-state index in [1.54, 1.807) is 6.92 Å². The van der Waals surface area contributed by atoms with Gasteiger partial charge in [-0.15, -0.1) is 0 Å². The van der Waals surface area contributed by atoms with Crippen molar-refractivity contribution in [3.05, 3.63) is 79.9 Å². The van der Waals surface area contributed by atoms with Crippen LogP contribution in [0.25, 0.3) is 0 Å². The second-order valence-electron chi connectivity index (χ2n) is 7.36. The van der Waals surface area contributed by atoms with Crippen LogP contribution < -0.4 is 21.5 Å². The number of carbonyl (C=O) groups excluding carboxylic acids is 2. The number of aryl methyl sites for hydroxylation is 1. The molecule has 0 bridgehead atoms. The predicted octanol–water partition coefficient (Wildman–Crippen LogP) is 2.93. The number of non-ortho nitro benzene ring substituents is 1. The molecule has 0 aliphatic carbocycles. The number of hydrogen-bond donors (Lipinski definition) is 4. The zero-order valence-electron chi connectivity index (χ0n) is 17.1. The Morgan fingerprint density at radius 3 is 2.64 bits per heavy atom. The Bertz CT molecular complexity index is 1340. The fourth-order valence-corrected chi connectivity index (χ4v) is 3.40. The summed E-state index contributed by atoms with van der Waals surface area (Å²) in [7, 11) is 0. The van der Waals surface area contributed by atoms with Crippen molar-refractivity contribution in [1.82, 2.24) is 9.97 Å². The van der Waals surface area contributed by atoms with Crippen molar-refractivity contribution in [3.8, 4) is 0 Å². The number of hydrogen-bond acceptors (Lipinski definition) is 7. The summed E-state index contributed by atoms with van der Waals surface area (Å²) < 4.78 is 13.1. The molecule has 33 heavy (non-hydrogen) atoms. The van der Waals surface area contributed by atoms with Gasteiger partial charge in [0.15, 0.2) is 0 Å². The van der Waals surface area contributed by atoms with E-state index in [2.05, 4.69) is 25.9 Å². The number of nitro benzene ring substituents is 1. The Hall–Kier alpha value is -4.61. The molecule has 2 amide bonds. The Morgan fingerprint density at radius 2 is 1.94 bits per heavy atom. The van der Waals surface area contributed by atoms with E-state index in [1.165, 1.54) is 42.5 Å². The van der Waals surface area contributed by atoms with Crippen LogP contribution in [0.2, 0.25) is 0 Å². The number of anilines is 4. The molecule has 0 radical (unpaired) electrons. The van der Waals surface area contributed by atoms with Gasteiger partial charge in [-0.1, -0.05) is 6.07 Å². The van der Waals surface area contributed by atoms with Crippen molar-refractivity contribution >= 4 is 40.6 Å². The highest BCUT2D eigenvalue weighted by Gasteiger charge is 2.35. The molecule has 4 rings (SSSR count). The predicted molar refractivity (Wildman–Crippen MR) is 117 cm³/mol. The lowest BCUT2D eigenvalue weighted by Gasteiger charge is -2.24. The zero-order chi connectivity index (χ0) is 23.7. The van der Waals surface area contributed by atoms with E-state index >= 15 is 0 Å². The Balaban J connectivity index is 1.64. The molecule has 2 heterocycles. The molecule has 0 spiro atoms. The first-order valence-electron chi connectivity index (χ1n) is 9.74. The van der Waals surface area contributed by atoms with Crippen LogP contribution in [0.5, 0.6) is 0 Å². The van der Waals surface area contributed by atoms with E-state index in [-0.39, 0.29) is 35.1 Å². The van der Waals surface area contributed by atoms with Crippen LogP contribution in [0, 0.1) is 22.9 Å². The fraction of sp³-hybridized carbons (Fsp3) is 0.143. The maximum Gasteiger partial charge on any atom is 0.271 e. The smallest absolute Gasteiger partial charge is 0.271 e. The van der Waals surface area contributed by atoms with Gasteiger partial charge in [0.05, 0.1) is 22.1 Å². The van der Waals surface area contributed by atoms with Gasteiger partial charge in [0.2, 0.25) is 17.8 Å². The first-order valence-corrected chi connectivity index (χ1v) is 9.74. The number of rotatable bonds is 5. The molecule has 11 nitrogen and oxygen atoms in total. The standard InChI is InChI=1S/C21H17FN6O5/c1-10-2-7-13(28(32)33)8-15(10)24-19(30)14-9-16(29)25-18-17(14)20(31)27-21(26-18)23-12-5-3-11(22)4-6-12/h2-8,14H,9H2,1H3,(H,24,30)(H3,23,25,26,27,29,31)/t14-/m1/s1. The van der Waals surface area contributed by atoms with Crippen LogP contribution in [0.4, 0.5) is 33.2 Å². The van der Waals surface area contributed by atoms with E-state index in [9.17, 15) is 28.9 Å². The second kappa shape index (κ2) is 8.49. The lowest BCUT2D eigenvalue weighted by atomic mass is 9.92. The molecular formula is C21H17FN6O5. The molecule has 168 valence electrons. The average Bonchev–Trinajstić information content (AvgIpc) is 2.75. The minimum Gasteiger partial charge on any atom is -0.326 e. The number of halogens is 1. The monoisotopic (exact) mass is 452 g/mol. The highest BCUT2D eigenvalue weighted by molar-refractivity contribution is 6.04. The highest BCUT2D eigenvalue weighted by atomic mass is 19.1. The van der Waals surface area contributed by atoms with Crippen molar-refractivity contribution in [1.29, 1.82) is 0 Å². The van der Waals surface area contributed by atoms with Gasteiger partial charge < -0.3 is 16.0 Å². The van der Waals surface area contributed by atoms with Gasteiger partial charge >= 0.3 is 0 Å². The molecular weight excluding hydrogens is 435 g/mol. The topological polar surface area (TPSA) is 159 Å². The minimum atomic E-state index is -1.16. The van der Waals surface area contributed by atoms with Gasteiger partial charge in [-0.25, -0.2) is 4.39 Å². The number of aromatic amines is 1. The molecule has 4 N–H and O–H groups in total. The third-order valence-electron chi connectivity index (χ3n) is 5.06. The fourth-order valence-electron chi connectivity index (χ4n) is 3.40. The van der Waals surface area contributed by atoms with Gasteiger partial charge in [-0.05, 0) is 36.8 Å². The van der Waals surface area contributed by atoms with Crippen molar-refractivity contribution in [3.63, 3.8) is 0 Å². The number of amides is 2. The van der Waals surface area contributed by atoms with E-state index in [4.69, 9.17) is 0 Å². The molecule has 12 heteroatoms. The van der Waals surface area contributed by atoms with E-state index in [1.807, 2.05) is 0 Å². The van der Waals surface area contributed by atoms with Crippen molar-refractivity contribution < 1.29 is 18.9 Å². The molecule has 0 fully saturated rings. The Labute approximate surface area is 185 Å². The second-order valence-corrected chi connectivity index (χ2v) is 7.36. The quantitative estimate of drug-likeness (QED) is 0.342. The number of nitrogens with one attached hydrogen (secondary N) is 4.